The van der Waals surface area contributed by atoms with Crippen molar-refractivity contribution >= 4 is 28.0 Å². The van der Waals surface area contributed by atoms with Gasteiger partial charge in [-0.3, -0.25) is 0 Å². The third kappa shape index (κ3) is 1.75. The van der Waals surface area contributed by atoms with Gasteiger partial charge in [0.2, 0.25) is 0 Å². The highest BCUT2D eigenvalue weighted by atomic mass is 32.2. The smallest absolute Gasteiger partial charge is 0.0402 e. The number of hydrogen-bond acceptors (Lipinski definition) is 2. The summed E-state index contributed by atoms with van der Waals surface area (Å²) in [5, 5.41) is 2.15. The summed E-state index contributed by atoms with van der Waals surface area (Å²) in [6, 6.07) is 4.33. The van der Waals surface area contributed by atoms with Crippen molar-refractivity contribution in [2.45, 2.75) is 13.3 Å². The molecule has 0 saturated carbocycles. The lowest BCUT2D eigenvalue weighted by molar-refractivity contribution is 0.674. The molecule has 0 nitrogen and oxygen atoms in total. The molecule has 2 heteroatoms. The average Bonchev–Trinajstić information content (AvgIpc) is 2.58. The maximum atomic E-state index is 2.38. The monoisotopic (exact) mass is 196 g/mol. The Morgan fingerprint density at radius 3 is 3.00 bits per heavy atom. The molecular formula is C10H12S2. The molecule has 0 saturated heterocycles. The molecule has 1 unspecified atom stereocenters. The van der Waals surface area contributed by atoms with E-state index in [9.17, 15) is 0 Å². The minimum absolute atomic E-state index is 0.860. The minimum atomic E-state index is 0.860. The summed E-state index contributed by atoms with van der Waals surface area (Å²) in [5.41, 5.74) is 0. The van der Waals surface area contributed by atoms with Crippen LogP contribution in [0.25, 0.3) is 4.91 Å². The van der Waals surface area contributed by atoms with E-state index in [4.69, 9.17) is 0 Å². The molecule has 2 heterocycles. The topological polar surface area (TPSA) is 0 Å². The van der Waals surface area contributed by atoms with E-state index in [0.29, 0.717) is 0 Å². The molecule has 1 aromatic rings. The van der Waals surface area contributed by atoms with Crippen LogP contribution in [0.2, 0.25) is 0 Å². The second-order valence-corrected chi connectivity index (χ2v) is 5.21. The van der Waals surface area contributed by atoms with Crippen LogP contribution in [0.4, 0.5) is 0 Å². The van der Waals surface area contributed by atoms with E-state index < -0.39 is 0 Å². The van der Waals surface area contributed by atoms with E-state index in [0.717, 1.165) is 5.92 Å². The molecule has 0 spiro atoms. The van der Waals surface area contributed by atoms with E-state index in [2.05, 4.69) is 30.5 Å². The lowest BCUT2D eigenvalue weighted by Gasteiger charge is -2.16. The van der Waals surface area contributed by atoms with Crippen molar-refractivity contribution in [1.29, 1.82) is 0 Å². The van der Waals surface area contributed by atoms with Crippen molar-refractivity contribution in [3.05, 3.63) is 28.5 Å². The van der Waals surface area contributed by atoms with Gasteiger partial charge in [-0.2, -0.15) is 0 Å². The largest absolute Gasteiger partial charge is 0.143 e. The van der Waals surface area contributed by atoms with Crippen molar-refractivity contribution in [3.8, 4) is 0 Å². The Hall–Kier alpha value is -0.210. The van der Waals surface area contributed by atoms with Crippen LogP contribution >= 0.6 is 23.1 Å². The van der Waals surface area contributed by atoms with Gasteiger partial charge in [0, 0.05) is 15.5 Å². The summed E-state index contributed by atoms with van der Waals surface area (Å²) in [4.78, 5) is 2.93. The first kappa shape index (κ1) is 8.39. The molecule has 0 bridgehead atoms. The Morgan fingerprint density at radius 2 is 2.42 bits per heavy atom. The van der Waals surface area contributed by atoms with Crippen LogP contribution in [-0.2, 0) is 0 Å². The molecule has 0 aliphatic carbocycles. The van der Waals surface area contributed by atoms with Gasteiger partial charge < -0.3 is 0 Å². The van der Waals surface area contributed by atoms with Gasteiger partial charge in [-0.1, -0.05) is 19.1 Å². The number of rotatable bonds is 1. The predicted molar refractivity (Wildman–Crippen MR) is 58.5 cm³/mol. The van der Waals surface area contributed by atoms with Crippen molar-refractivity contribution in [2.75, 3.05) is 5.75 Å². The average molecular weight is 196 g/mol. The van der Waals surface area contributed by atoms with Gasteiger partial charge in [0.25, 0.3) is 0 Å². The summed E-state index contributed by atoms with van der Waals surface area (Å²) in [6.07, 6.45) is 3.63. The Morgan fingerprint density at radius 1 is 1.50 bits per heavy atom. The van der Waals surface area contributed by atoms with E-state index in [1.54, 1.807) is 0 Å². The fourth-order valence-electron chi connectivity index (χ4n) is 1.26. The molecule has 64 valence electrons. The van der Waals surface area contributed by atoms with Gasteiger partial charge in [-0.25, -0.2) is 0 Å². The standard InChI is InChI=1S/C10H12S2/c1-8-4-5-10(12-7-8)9-3-2-6-11-9/h2-3,5-6,8H,4,7H2,1H3. The molecule has 2 rings (SSSR count). The van der Waals surface area contributed by atoms with E-state index in [1.807, 2.05) is 23.1 Å². The maximum Gasteiger partial charge on any atom is 0.0402 e. The molecule has 0 fully saturated rings. The lowest BCUT2D eigenvalue weighted by Crippen LogP contribution is -2.01. The van der Waals surface area contributed by atoms with Crippen LogP contribution in [0.3, 0.4) is 0 Å². The number of thiophene rings is 1. The maximum absolute atomic E-state index is 2.38. The summed E-state index contributed by atoms with van der Waals surface area (Å²) < 4.78 is 0. The van der Waals surface area contributed by atoms with Gasteiger partial charge >= 0.3 is 0 Å². The first-order valence-corrected chi connectivity index (χ1v) is 6.09. The number of hydrogen-bond donors (Lipinski definition) is 0. The van der Waals surface area contributed by atoms with Crippen LogP contribution in [0.5, 0.6) is 0 Å². The van der Waals surface area contributed by atoms with Gasteiger partial charge in [-0.05, 0) is 23.8 Å². The van der Waals surface area contributed by atoms with E-state index in [1.165, 1.54) is 22.0 Å². The molecular weight excluding hydrogens is 184 g/mol. The van der Waals surface area contributed by atoms with Crippen LogP contribution < -0.4 is 0 Å². The SMILES string of the molecule is CC1CC=C(c2cccs2)SC1. The molecule has 1 aliphatic rings. The highest BCUT2D eigenvalue weighted by Gasteiger charge is 2.12. The van der Waals surface area contributed by atoms with Gasteiger partial charge in [0.15, 0.2) is 0 Å². The molecule has 0 radical (unpaired) electrons. The van der Waals surface area contributed by atoms with Gasteiger partial charge in [0.05, 0.1) is 0 Å². The molecule has 1 aliphatic heterocycles. The molecule has 12 heavy (non-hydrogen) atoms. The minimum Gasteiger partial charge on any atom is -0.143 e. The summed E-state index contributed by atoms with van der Waals surface area (Å²) >= 11 is 3.84. The molecule has 1 aromatic heterocycles. The fourth-order valence-corrected chi connectivity index (χ4v) is 3.26. The number of thioether (sulfide) groups is 1. The summed E-state index contributed by atoms with van der Waals surface area (Å²) in [7, 11) is 0. The second-order valence-electron chi connectivity index (χ2n) is 3.20. The normalized spacial score (nSPS) is 23.8. The lowest BCUT2D eigenvalue weighted by atomic mass is 10.1. The second kappa shape index (κ2) is 3.67. The zero-order valence-corrected chi connectivity index (χ0v) is 8.75. The van der Waals surface area contributed by atoms with E-state index in [-0.39, 0.29) is 0 Å². The third-order valence-electron chi connectivity index (χ3n) is 1.99. The van der Waals surface area contributed by atoms with Gasteiger partial charge in [-0.15, -0.1) is 23.1 Å². The van der Waals surface area contributed by atoms with Crippen LogP contribution in [0.15, 0.2) is 23.6 Å². The van der Waals surface area contributed by atoms with Crippen LogP contribution in [-0.4, -0.2) is 5.75 Å². The Balaban J connectivity index is 2.16. The number of allylic oxidation sites excluding steroid dienone is 1. The van der Waals surface area contributed by atoms with Gasteiger partial charge in [0.1, 0.15) is 0 Å². The van der Waals surface area contributed by atoms with Crippen molar-refractivity contribution < 1.29 is 0 Å². The van der Waals surface area contributed by atoms with Crippen molar-refractivity contribution in [1.82, 2.24) is 0 Å². The highest BCUT2D eigenvalue weighted by Crippen LogP contribution is 2.36. The zero-order chi connectivity index (χ0) is 8.39. The molecule has 0 aromatic carbocycles. The quantitative estimate of drug-likeness (QED) is 0.657. The molecule has 0 N–H and O–H groups in total. The van der Waals surface area contributed by atoms with E-state index >= 15 is 0 Å². The van der Waals surface area contributed by atoms with Crippen LogP contribution in [0, 0.1) is 5.92 Å². The summed E-state index contributed by atoms with van der Waals surface area (Å²) in [5.74, 6) is 2.14. The first-order valence-electron chi connectivity index (χ1n) is 4.23. The van der Waals surface area contributed by atoms with Crippen molar-refractivity contribution in [3.63, 3.8) is 0 Å². The Kier molecular flexibility index (Phi) is 2.57. The van der Waals surface area contributed by atoms with Crippen LogP contribution in [0.1, 0.15) is 18.2 Å². The zero-order valence-electron chi connectivity index (χ0n) is 7.12. The third-order valence-corrected chi connectivity index (χ3v) is 4.46. The summed E-state index contributed by atoms with van der Waals surface area (Å²) in [6.45, 7) is 2.31. The predicted octanol–water partition coefficient (Wildman–Crippen LogP) is 3.86. The highest BCUT2D eigenvalue weighted by molar-refractivity contribution is 8.08. The molecule has 1 atom stereocenters. The first-order chi connectivity index (χ1) is 5.86. The molecule has 0 amide bonds. The Bertz CT molecular complexity index is 272. The Labute approximate surface area is 81.7 Å². The van der Waals surface area contributed by atoms with Crippen molar-refractivity contribution in [2.24, 2.45) is 5.92 Å². The fraction of sp³-hybridized carbons (Fsp3) is 0.400.